The second kappa shape index (κ2) is 8.08. The molecule has 0 radical (unpaired) electrons. The first kappa shape index (κ1) is 19.2. The van der Waals surface area contributed by atoms with Gasteiger partial charge in [-0.05, 0) is 50.2 Å². The summed E-state index contributed by atoms with van der Waals surface area (Å²) in [7, 11) is 0. The van der Waals surface area contributed by atoms with Crippen LogP contribution in [0.4, 0.5) is 10.2 Å². The number of halogens is 1. The minimum Gasteiger partial charge on any atom is -0.341 e. The molecule has 2 aromatic heterocycles. The molecule has 0 aliphatic heterocycles. The summed E-state index contributed by atoms with van der Waals surface area (Å²) in [6, 6.07) is 15.6. The van der Waals surface area contributed by atoms with E-state index in [0.717, 1.165) is 22.6 Å². The number of H-pyrrole nitrogens is 1. The molecule has 0 bridgehead atoms. The predicted octanol–water partition coefficient (Wildman–Crippen LogP) is 4.63. The number of aryl methyl sites for hydroxylation is 1. The average molecular weight is 409 g/mol. The third-order valence-electron chi connectivity index (χ3n) is 4.43. The lowest BCUT2D eigenvalue weighted by Crippen LogP contribution is -2.17. The molecule has 8 heteroatoms. The number of carbonyl (C=O) groups is 1. The topological polar surface area (TPSA) is 75.6 Å². The highest BCUT2D eigenvalue weighted by molar-refractivity contribution is 8.00. The maximum absolute atomic E-state index is 13.2. The van der Waals surface area contributed by atoms with Crippen molar-refractivity contribution in [3.05, 3.63) is 71.9 Å². The van der Waals surface area contributed by atoms with E-state index < -0.39 is 0 Å². The van der Waals surface area contributed by atoms with Gasteiger partial charge in [-0.15, -0.1) is 11.8 Å². The van der Waals surface area contributed by atoms with Crippen molar-refractivity contribution in [1.29, 1.82) is 0 Å². The van der Waals surface area contributed by atoms with Gasteiger partial charge in [-0.1, -0.05) is 12.1 Å². The first-order chi connectivity index (χ1) is 14.0. The molecule has 4 aromatic rings. The second-order valence-electron chi connectivity index (χ2n) is 6.70. The third-order valence-corrected chi connectivity index (χ3v) is 5.58. The van der Waals surface area contributed by atoms with E-state index in [2.05, 4.69) is 20.4 Å². The van der Waals surface area contributed by atoms with Gasteiger partial charge in [0, 0.05) is 6.07 Å². The maximum atomic E-state index is 13.2. The van der Waals surface area contributed by atoms with Gasteiger partial charge in [0.2, 0.25) is 5.91 Å². The quantitative estimate of drug-likeness (QED) is 0.487. The first-order valence-electron chi connectivity index (χ1n) is 9.18. The molecule has 4 rings (SSSR count). The lowest BCUT2D eigenvalue weighted by Gasteiger charge is -2.11. The summed E-state index contributed by atoms with van der Waals surface area (Å²) < 4.78 is 14.8. The van der Waals surface area contributed by atoms with E-state index in [0.29, 0.717) is 11.5 Å². The predicted molar refractivity (Wildman–Crippen MR) is 114 cm³/mol. The van der Waals surface area contributed by atoms with Crippen molar-refractivity contribution in [2.45, 2.75) is 19.1 Å². The Labute approximate surface area is 171 Å². The number of amides is 1. The number of thioether (sulfide) groups is 1. The Morgan fingerprint density at radius 1 is 1.24 bits per heavy atom. The Hall–Kier alpha value is -3.13. The summed E-state index contributed by atoms with van der Waals surface area (Å²) in [6.45, 7) is 3.86. The minimum atomic E-state index is -0.320. The van der Waals surface area contributed by atoms with Gasteiger partial charge in [0.15, 0.2) is 0 Å². The van der Waals surface area contributed by atoms with Gasteiger partial charge in [-0.3, -0.25) is 4.79 Å². The van der Waals surface area contributed by atoms with E-state index in [4.69, 9.17) is 0 Å². The van der Waals surface area contributed by atoms with Gasteiger partial charge in [0.05, 0.1) is 33.4 Å². The fourth-order valence-corrected chi connectivity index (χ4v) is 3.73. The summed E-state index contributed by atoms with van der Waals surface area (Å²) in [4.78, 5) is 20.4. The second-order valence-corrected chi connectivity index (χ2v) is 8.03. The summed E-state index contributed by atoms with van der Waals surface area (Å²) in [5.41, 5.74) is 3.34. The van der Waals surface area contributed by atoms with Gasteiger partial charge >= 0.3 is 0 Å². The number of fused-ring (bicyclic) bond motifs is 1. The number of nitrogens with zero attached hydrogens (tertiary/aromatic N) is 3. The Morgan fingerprint density at radius 3 is 2.76 bits per heavy atom. The summed E-state index contributed by atoms with van der Waals surface area (Å²) in [6.07, 6.45) is 0. The number of aromatic amines is 1. The highest BCUT2D eigenvalue weighted by Gasteiger charge is 2.15. The normalized spacial score (nSPS) is 12.2. The molecular formula is C21H20FN5OS. The number of anilines is 1. The fraction of sp³-hybridized carbons (Fsp3) is 0.190. The summed E-state index contributed by atoms with van der Waals surface area (Å²) >= 11 is 1.50. The largest absolute Gasteiger partial charge is 0.341 e. The van der Waals surface area contributed by atoms with Crippen LogP contribution in [0.25, 0.3) is 16.7 Å². The third kappa shape index (κ3) is 4.32. The van der Waals surface area contributed by atoms with Crippen molar-refractivity contribution in [3.8, 4) is 5.69 Å². The van der Waals surface area contributed by atoms with Crippen molar-refractivity contribution in [1.82, 2.24) is 19.7 Å². The van der Waals surface area contributed by atoms with Crippen molar-refractivity contribution in [2.24, 2.45) is 0 Å². The molecule has 29 heavy (non-hydrogen) atoms. The van der Waals surface area contributed by atoms with Crippen LogP contribution in [-0.4, -0.2) is 31.4 Å². The van der Waals surface area contributed by atoms with E-state index in [1.807, 2.05) is 38.1 Å². The molecule has 0 saturated heterocycles. The molecular weight excluding hydrogens is 389 g/mol. The van der Waals surface area contributed by atoms with Crippen molar-refractivity contribution in [2.75, 3.05) is 11.1 Å². The Bertz CT molecular complexity index is 1120. The molecule has 2 aromatic carbocycles. The SMILES string of the molecule is Cc1cc(NC(=O)CSC(C)c2nc3ccccc3[nH]2)n(-c2ccc(F)cc2)n1. The van der Waals surface area contributed by atoms with Gasteiger partial charge in [0.25, 0.3) is 0 Å². The van der Waals surface area contributed by atoms with E-state index in [-0.39, 0.29) is 22.7 Å². The first-order valence-corrected chi connectivity index (χ1v) is 10.2. The Balaban J connectivity index is 1.41. The smallest absolute Gasteiger partial charge is 0.235 e. The standard InChI is InChI=1S/C21H20FN5OS/c1-13-11-19(27(26-13)16-9-7-15(22)8-10-16)25-20(28)12-29-14(2)21-23-17-5-3-4-6-18(17)24-21/h3-11,14H,12H2,1-2H3,(H,23,24)(H,25,28). The molecule has 148 valence electrons. The number of hydrogen-bond acceptors (Lipinski definition) is 4. The van der Waals surface area contributed by atoms with Gasteiger partial charge in [-0.2, -0.15) is 5.10 Å². The fourth-order valence-electron chi connectivity index (χ4n) is 2.99. The zero-order valence-electron chi connectivity index (χ0n) is 16.0. The minimum absolute atomic E-state index is 0.0388. The molecule has 0 aliphatic rings. The molecule has 0 aliphatic carbocycles. The molecule has 0 fully saturated rings. The van der Waals surface area contributed by atoms with Crippen LogP contribution in [0.3, 0.4) is 0 Å². The highest BCUT2D eigenvalue weighted by Crippen LogP contribution is 2.28. The zero-order valence-corrected chi connectivity index (χ0v) is 16.8. The van der Waals surface area contributed by atoms with Crippen LogP contribution in [0.15, 0.2) is 54.6 Å². The van der Waals surface area contributed by atoms with Gasteiger partial charge < -0.3 is 10.3 Å². The molecule has 1 amide bonds. The number of aromatic nitrogens is 4. The number of rotatable bonds is 6. The van der Waals surface area contributed by atoms with Crippen LogP contribution >= 0.6 is 11.8 Å². The van der Waals surface area contributed by atoms with Crippen LogP contribution in [0, 0.1) is 12.7 Å². The lowest BCUT2D eigenvalue weighted by molar-refractivity contribution is -0.113. The molecule has 1 atom stereocenters. The number of hydrogen-bond donors (Lipinski definition) is 2. The lowest BCUT2D eigenvalue weighted by atomic mass is 10.3. The number of imidazole rings is 1. The average Bonchev–Trinajstić information content (AvgIpc) is 3.30. The van der Waals surface area contributed by atoms with Crippen molar-refractivity contribution < 1.29 is 9.18 Å². The van der Waals surface area contributed by atoms with Crippen LogP contribution in [0.1, 0.15) is 23.7 Å². The molecule has 2 N–H and O–H groups in total. The number of para-hydroxylation sites is 2. The summed E-state index contributed by atoms with van der Waals surface area (Å²) in [5.74, 6) is 1.21. The number of carbonyl (C=O) groups excluding carboxylic acids is 1. The van der Waals surface area contributed by atoms with Crippen molar-refractivity contribution >= 4 is 34.5 Å². The van der Waals surface area contributed by atoms with Gasteiger partial charge in [0.1, 0.15) is 17.5 Å². The molecule has 0 spiro atoms. The molecule has 6 nitrogen and oxygen atoms in total. The van der Waals surface area contributed by atoms with E-state index >= 15 is 0 Å². The summed E-state index contributed by atoms with van der Waals surface area (Å²) in [5, 5.41) is 7.32. The number of benzene rings is 2. The van der Waals surface area contributed by atoms with E-state index in [9.17, 15) is 9.18 Å². The maximum Gasteiger partial charge on any atom is 0.235 e. The zero-order chi connectivity index (χ0) is 20.4. The van der Waals surface area contributed by atoms with Crippen LogP contribution < -0.4 is 5.32 Å². The monoisotopic (exact) mass is 409 g/mol. The molecule has 2 heterocycles. The van der Waals surface area contributed by atoms with Crippen LogP contribution in [-0.2, 0) is 4.79 Å². The Kier molecular flexibility index (Phi) is 5.35. The molecule has 1 unspecified atom stereocenters. The Morgan fingerprint density at radius 2 is 2.00 bits per heavy atom. The number of nitrogens with one attached hydrogen (secondary N) is 2. The highest BCUT2D eigenvalue weighted by atomic mass is 32.2. The van der Waals surface area contributed by atoms with E-state index in [1.54, 1.807) is 22.9 Å². The van der Waals surface area contributed by atoms with Crippen LogP contribution in [0.2, 0.25) is 0 Å². The van der Waals surface area contributed by atoms with Crippen LogP contribution in [0.5, 0.6) is 0 Å². The van der Waals surface area contributed by atoms with Gasteiger partial charge in [-0.25, -0.2) is 14.1 Å². The molecule has 0 saturated carbocycles. The van der Waals surface area contributed by atoms with Crippen molar-refractivity contribution in [3.63, 3.8) is 0 Å². The van der Waals surface area contributed by atoms with E-state index in [1.165, 1.54) is 23.9 Å².